The summed E-state index contributed by atoms with van der Waals surface area (Å²) in [6.07, 6.45) is 5.43. The van der Waals surface area contributed by atoms with E-state index < -0.39 is 0 Å². The van der Waals surface area contributed by atoms with E-state index >= 15 is 0 Å². The maximum atomic E-state index is 5.49. The molecule has 1 aromatic rings. The van der Waals surface area contributed by atoms with Crippen LogP contribution in [0.2, 0.25) is 0 Å². The molecule has 0 saturated heterocycles. The number of hydrogen-bond donors (Lipinski definition) is 1. The summed E-state index contributed by atoms with van der Waals surface area (Å²) in [6, 6.07) is 1.83. The van der Waals surface area contributed by atoms with Gasteiger partial charge in [0.1, 0.15) is 5.82 Å². The summed E-state index contributed by atoms with van der Waals surface area (Å²) < 4.78 is 1.74. The van der Waals surface area contributed by atoms with E-state index in [0.717, 1.165) is 5.69 Å². The van der Waals surface area contributed by atoms with Crippen molar-refractivity contribution in [2.75, 3.05) is 5.73 Å². The van der Waals surface area contributed by atoms with Gasteiger partial charge in [-0.25, -0.2) is 4.68 Å². The van der Waals surface area contributed by atoms with Gasteiger partial charge < -0.3 is 5.73 Å². The van der Waals surface area contributed by atoms with Crippen molar-refractivity contribution in [3.8, 4) is 0 Å². The Morgan fingerprint density at radius 1 is 1.55 bits per heavy atom. The number of hydrogen-bond acceptors (Lipinski definition) is 3. The number of allylic oxidation sites excluding steroid dienone is 1. The Morgan fingerprint density at radius 2 is 2.45 bits per heavy atom. The SMILES string of the molecule is Nc1cc2n(n1)C=CC=NC2. The predicted octanol–water partition coefficient (Wildman–Crippen LogP) is 0.520. The van der Waals surface area contributed by atoms with Crippen LogP contribution in [0.3, 0.4) is 0 Å². The number of rotatable bonds is 0. The number of nitrogens with two attached hydrogens (primary N) is 1. The zero-order chi connectivity index (χ0) is 7.68. The predicted molar refractivity (Wildman–Crippen MR) is 44.2 cm³/mol. The second-order valence-electron chi connectivity index (χ2n) is 2.34. The number of nitrogens with zero attached hydrogens (tertiary/aromatic N) is 3. The van der Waals surface area contributed by atoms with Gasteiger partial charge in [-0.1, -0.05) is 0 Å². The Kier molecular flexibility index (Phi) is 1.25. The van der Waals surface area contributed by atoms with Crippen LogP contribution in [-0.2, 0) is 6.54 Å². The first-order chi connectivity index (χ1) is 5.36. The summed E-state index contributed by atoms with van der Waals surface area (Å²) >= 11 is 0. The van der Waals surface area contributed by atoms with Crippen LogP contribution in [-0.4, -0.2) is 16.0 Å². The average molecular weight is 148 g/mol. The van der Waals surface area contributed by atoms with Crippen LogP contribution in [0, 0.1) is 0 Å². The van der Waals surface area contributed by atoms with Crippen LogP contribution < -0.4 is 5.73 Å². The summed E-state index contributed by atoms with van der Waals surface area (Å²) in [6.45, 7) is 0.650. The minimum absolute atomic E-state index is 0.543. The molecule has 0 fully saturated rings. The average Bonchev–Trinajstić information content (AvgIpc) is 2.17. The molecule has 1 aromatic heterocycles. The highest BCUT2D eigenvalue weighted by atomic mass is 15.3. The lowest BCUT2D eigenvalue weighted by Crippen LogP contribution is -1.94. The van der Waals surface area contributed by atoms with E-state index in [-0.39, 0.29) is 0 Å². The molecule has 2 N–H and O–H groups in total. The molecule has 0 saturated carbocycles. The van der Waals surface area contributed by atoms with E-state index in [1.165, 1.54) is 0 Å². The molecule has 0 unspecified atom stereocenters. The van der Waals surface area contributed by atoms with E-state index in [2.05, 4.69) is 10.1 Å². The van der Waals surface area contributed by atoms with Gasteiger partial charge in [0.15, 0.2) is 0 Å². The Morgan fingerprint density at radius 3 is 3.36 bits per heavy atom. The van der Waals surface area contributed by atoms with E-state index in [1.54, 1.807) is 10.9 Å². The molecule has 1 aliphatic heterocycles. The van der Waals surface area contributed by atoms with Crippen molar-refractivity contribution in [2.45, 2.75) is 6.54 Å². The second-order valence-corrected chi connectivity index (χ2v) is 2.34. The summed E-state index contributed by atoms with van der Waals surface area (Å²) in [7, 11) is 0. The van der Waals surface area contributed by atoms with Crippen molar-refractivity contribution in [3.63, 3.8) is 0 Å². The largest absolute Gasteiger partial charge is 0.382 e. The first-order valence-corrected chi connectivity index (χ1v) is 3.37. The number of nitrogen functional groups attached to an aromatic ring is 1. The molecule has 0 atom stereocenters. The Balaban J connectivity index is 2.51. The third kappa shape index (κ3) is 1.02. The quantitative estimate of drug-likeness (QED) is 0.583. The Bertz CT molecular complexity index is 321. The molecule has 2 heterocycles. The third-order valence-corrected chi connectivity index (χ3v) is 1.50. The smallest absolute Gasteiger partial charge is 0.146 e. The van der Waals surface area contributed by atoms with Gasteiger partial charge in [0.05, 0.1) is 12.2 Å². The molecule has 4 nitrogen and oxygen atoms in total. The molecule has 0 spiro atoms. The molecule has 4 heteroatoms. The number of fused-ring (bicyclic) bond motifs is 1. The maximum absolute atomic E-state index is 5.49. The molecule has 11 heavy (non-hydrogen) atoms. The van der Waals surface area contributed by atoms with Gasteiger partial charge in [-0.2, -0.15) is 5.10 Å². The highest BCUT2D eigenvalue weighted by Gasteiger charge is 2.02. The van der Waals surface area contributed by atoms with Crippen molar-refractivity contribution in [2.24, 2.45) is 4.99 Å². The zero-order valence-electron chi connectivity index (χ0n) is 5.94. The van der Waals surface area contributed by atoms with Gasteiger partial charge in [0.2, 0.25) is 0 Å². The molecule has 2 rings (SSSR count). The van der Waals surface area contributed by atoms with Crippen molar-refractivity contribution in [1.82, 2.24) is 9.78 Å². The van der Waals surface area contributed by atoms with Crippen LogP contribution in [0.4, 0.5) is 5.82 Å². The highest BCUT2D eigenvalue weighted by Crippen LogP contribution is 2.08. The summed E-state index contributed by atoms with van der Waals surface area (Å²) in [5.74, 6) is 0.543. The maximum Gasteiger partial charge on any atom is 0.146 e. The molecule has 56 valence electrons. The van der Waals surface area contributed by atoms with Gasteiger partial charge in [-0.15, -0.1) is 0 Å². The lowest BCUT2D eigenvalue weighted by Gasteiger charge is -1.93. The molecule has 0 bridgehead atoms. The van der Waals surface area contributed by atoms with Gasteiger partial charge in [0.25, 0.3) is 0 Å². The molecule has 0 aromatic carbocycles. The zero-order valence-corrected chi connectivity index (χ0v) is 5.94. The fourth-order valence-corrected chi connectivity index (χ4v) is 1.03. The second kappa shape index (κ2) is 2.23. The van der Waals surface area contributed by atoms with E-state index in [9.17, 15) is 0 Å². The van der Waals surface area contributed by atoms with Gasteiger partial charge in [-0.05, 0) is 6.08 Å². The minimum Gasteiger partial charge on any atom is -0.382 e. The standard InChI is InChI=1S/C7H8N4/c8-7-4-6-5-9-2-1-3-11(6)10-7/h1-4H,5H2,(H2,8,10). The van der Waals surface area contributed by atoms with E-state index in [4.69, 9.17) is 5.73 Å². The molecular formula is C7H8N4. The number of aliphatic imine (C=N–C) groups is 1. The number of aromatic nitrogens is 2. The Labute approximate surface area is 64.0 Å². The topological polar surface area (TPSA) is 56.2 Å². The van der Waals surface area contributed by atoms with Crippen LogP contribution >= 0.6 is 0 Å². The number of anilines is 1. The van der Waals surface area contributed by atoms with Crippen molar-refractivity contribution < 1.29 is 0 Å². The molecule has 0 radical (unpaired) electrons. The lowest BCUT2D eigenvalue weighted by atomic mass is 10.4. The normalized spacial score (nSPS) is 14.5. The fourth-order valence-electron chi connectivity index (χ4n) is 1.03. The minimum atomic E-state index is 0.543. The van der Waals surface area contributed by atoms with Gasteiger partial charge >= 0.3 is 0 Å². The van der Waals surface area contributed by atoms with Gasteiger partial charge in [0, 0.05) is 18.5 Å². The van der Waals surface area contributed by atoms with Gasteiger partial charge in [-0.3, -0.25) is 4.99 Å². The molecule has 0 aliphatic carbocycles. The van der Waals surface area contributed by atoms with Crippen LogP contribution in [0.5, 0.6) is 0 Å². The van der Waals surface area contributed by atoms with Crippen LogP contribution in [0.25, 0.3) is 6.20 Å². The van der Waals surface area contributed by atoms with E-state index in [1.807, 2.05) is 18.3 Å². The monoisotopic (exact) mass is 148 g/mol. The van der Waals surface area contributed by atoms with E-state index in [0.29, 0.717) is 12.4 Å². The summed E-state index contributed by atoms with van der Waals surface area (Å²) in [5, 5.41) is 4.04. The lowest BCUT2D eigenvalue weighted by molar-refractivity contribution is 0.854. The first kappa shape index (κ1) is 6.15. The summed E-state index contributed by atoms with van der Waals surface area (Å²) in [5.41, 5.74) is 6.51. The fraction of sp³-hybridized carbons (Fsp3) is 0.143. The van der Waals surface area contributed by atoms with Crippen molar-refractivity contribution in [1.29, 1.82) is 0 Å². The molecule has 1 aliphatic rings. The van der Waals surface area contributed by atoms with Crippen LogP contribution in [0.15, 0.2) is 17.1 Å². The van der Waals surface area contributed by atoms with Crippen molar-refractivity contribution >= 4 is 18.2 Å². The molecule has 0 amide bonds. The first-order valence-electron chi connectivity index (χ1n) is 3.37. The Hall–Kier alpha value is -1.58. The summed E-state index contributed by atoms with van der Waals surface area (Å²) in [4.78, 5) is 4.10. The van der Waals surface area contributed by atoms with Crippen LogP contribution in [0.1, 0.15) is 5.69 Å². The van der Waals surface area contributed by atoms with Crippen molar-refractivity contribution in [3.05, 3.63) is 17.8 Å². The third-order valence-electron chi connectivity index (χ3n) is 1.50. The highest BCUT2D eigenvalue weighted by molar-refractivity contribution is 5.75. The molecular weight excluding hydrogens is 140 g/mol.